The fraction of sp³-hybridized carbons (Fsp3) is 0. The highest BCUT2D eigenvalue weighted by molar-refractivity contribution is 9.13. The molecule has 0 aliphatic carbocycles. The van der Waals surface area contributed by atoms with Gasteiger partial charge in [-0.25, -0.2) is 13.5 Å². The highest BCUT2D eigenvalue weighted by Crippen LogP contribution is 2.36. The number of aromatic amines is 1. The van der Waals surface area contributed by atoms with E-state index in [1.54, 1.807) is 6.07 Å². The molecule has 0 saturated heterocycles. The van der Waals surface area contributed by atoms with Gasteiger partial charge in [0.15, 0.2) is 5.82 Å². The molecule has 0 aliphatic heterocycles. The van der Waals surface area contributed by atoms with Gasteiger partial charge in [0.05, 0.1) is 8.66 Å². The predicted molar refractivity (Wildman–Crippen MR) is 68.1 cm³/mol. The largest absolute Gasteiger partial charge is 0.296 e. The summed E-state index contributed by atoms with van der Waals surface area (Å²) in [6, 6.07) is 1.78. The van der Waals surface area contributed by atoms with Crippen LogP contribution in [-0.4, -0.2) is 23.6 Å². The minimum Gasteiger partial charge on any atom is -0.248 e. The van der Waals surface area contributed by atoms with Crippen LogP contribution in [0.1, 0.15) is 0 Å². The second-order valence-corrected chi connectivity index (χ2v) is 8.34. The molecule has 0 bridgehead atoms. The van der Waals surface area contributed by atoms with Crippen molar-refractivity contribution in [2.24, 2.45) is 0 Å². The van der Waals surface area contributed by atoms with Gasteiger partial charge in [-0.1, -0.05) is 0 Å². The van der Waals surface area contributed by atoms with Gasteiger partial charge in [-0.3, -0.25) is 0 Å². The summed E-state index contributed by atoms with van der Waals surface area (Å²) in [5.74, 6) is 0.288. The molecule has 0 fully saturated rings. The molecule has 0 spiro atoms. The Kier molecular flexibility index (Phi) is 3.41. The molecule has 0 atom stereocenters. The van der Waals surface area contributed by atoms with Crippen LogP contribution < -0.4 is 0 Å². The first-order valence-corrected chi connectivity index (χ1v) is 8.41. The number of aromatic nitrogens is 3. The third-order valence-electron chi connectivity index (χ3n) is 1.56. The summed E-state index contributed by atoms with van der Waals surface area (Å²) >= 11 is 8.01. The van der Waals surface area contributed by atoms with Crippen molar-refractivity contribution in [3.05, 3.63) is 14.3 Å². The van der Waals surface area contributed by atoms with E-state index in [0.717, 1.165) is 13.1 Å². The molecule has 0 aromatic carbocycles. The van der Waals surface area contributed by atoms with Gasteiger partial charge in [-0.05, 0) is 37.9 Å². The van der Waals surface area contributed by atoms with Crippen LogP contribution in [0, 0.1) is 0 Å². The first-order valence-electron chi connectivity index (χ1n) is 3.70. The van der Waals surface area contributed by atoms with E-state index in [1.807, 2.05) is 0 Å². The third kappa shape index (κ3) is 2.48. The molecule has 2 heterocycles. The molecule has 86 valence electrons. The Labute approximate surface area is 116 Å². The molecule has 2 rings (SSSR count). The van der Waals surface area contributed by atoms with Gasteiger partial charge in [0, 0.05) is 15.2 Å². The molecule has 10 heteroatoms. The number of rotatable bonds is 2. The van der Waals surface area contributed by atoms with Crippen LogP contribution in [0.3, 0.4) is 0 Å². The summed E-state index contributed by atoms with van der Waals surface area (Å²) in [6.45, 7) is 0. The first-order chi connectivity index (χ1) is 7.38. The van der Waals surface area contributed by atoms with Crippen molar-refractivity contribution < 1.29 is 8.42 Å². The molecule has 16 heavy (non-hydrogen) atoms. The molecule has 0 amide bonds. The molecule has 0 aliphatic rings. The molecule has 0 unspecified atom stereocenters. The lowest BCUT2D eigenvalue weighted by Crippen LogP contribution is -1.92. The van der Waals surface area contributed by atoms with E-state index in [4.69, 9.17) is 10.7 Å². The lowest BCUT2D eigenvalue weighted by molar-refractivity contribution is 0.602. The van der Waals surface area contributed by atoms with Gasteiger partial charge in [0.2, 0.25) is 0 Å². The van der Waals surface area contributed by atoms with Crippen LogP contribution in [0.5, 0.6) is 0 Å². The van der Waals surface area contributed by atoms with Crippen LogP contribution >= 0.6 is 53.9 Å². The van der Waals surface area contributed by atoms with E-state index in [2.05, 4.69) is 47.0 Å². The van der Waals surface area contributed by atoms with Crippen LogP contribution in [-0.2, 0) is 9.05 Å². The number of thiophene rings is 1. The van der Waals surface area contributed by atoms with Crippen LogP contribution in [0.25, 0.3) is 10.7 Å². The number of halogens is 3. The van der Waals surface area contributed by atoms with Crippen molar-refractivity contribution in [3.8, 4) is 10.7 Å². The Balaban J connectivity index is 2.47. The fourth-order valence-corrected chi connectivity index (χ4v) is 3.45. The summed E-state index contributed by atoms with van der Waals surface area (Å²) in [5, 5.41) is 5.69. The van der Waals surface area contributed by atoms with E-state index < -0.39 is 9.05 Å². The summed E-state index contributed by atoms with van der Waals surface area (Å²) in [6.07, 6.45) is 0. The number of nitrogens with one attached hydrogen (secondary N) is 1. The minimum absolute atomic E-state index is 0.288. The zero-order valence-electron chi connectivity index (χ0n) is 7.24. The molecule has 2 aromatic rings. The monoisotopic (exact) mass is 405 g/mol. The van der Waals surface area contributed by atoms with E-state index in [9.17, 15) is 8.42 Å². The molecule has 2 aromatic heterocycles. The first kappa shape index (κ1) is 12.5. The van der Waals surface area contributed by atoms with Gasteiger partial charge in [0.25, 0.3) is 14.2 Å². The van der Waals surface area contributed by atoms with E-state index >= 15 is 0 Å². The number of H-pyrrole nitrogens is 1. The summed E-state index contributed by atoms with van der Waals surface area (Å²) in [5.41, 5.74) is 0. The van der Waals surface area contributed by atoms with Gasteiger partial charge in [-0.15, -0.1) is 11.3 Å². The maximum Gasteiger partial charge on any atom is 0.296 e. The highest BCUT2D eigenvalue weighted by Gasteiger charge is 2.18. The Morgan fingerprint density at radius 1 is 1.44 bits per heavy atom. The van der Waals surface area contributed by atoms with Gasteiger partial charge >= 0.3 is 0 Å². The average molecular weight is 407 g/mol. The Morgan fingerprint density at radius 3 is 2.56 bits per heavy atom. The van der Waals surface area contributed by atoms with Crippen molar-refractivity contribution in [3.63, 3.8) is 0 Å². The van der Waals surface area contributed by atoms with Crippen molar-refractivity contribution in [1.82, 2.24) is 15.2 Å². The SMILES string of the molecule is O=S(=O)(Cl)c1nc(-c2cc(Br)c(Br)s2)n[nH]1. The van der Waals surface area contributed by atoms with E-state index in [1.165, 1.54) is 11.3 Å². The summed E-state index contributed by atoms with van der Waals surface area (Å²) in [7, 11) is 1.25. The Morgan fingerprint density at radius 2 is 2.12 bits per heavy atom. The second kappa shape index (κ2) is 4.37. The lowest BCUT2D eigenvalue weighted by atomic mass is 10.4. The fourth-order valence-electron chi connectivity index (χ4n) is 0.923. The molecule has 5 nitrogen and oxygen atoms in total. The average Bonchev–Trinajstić information content (AvgIpc) is 2.73. The Bertz CT molecular complexity index is 616. The van der Waals surface area contributed by atoms with Crippen LogP contribution in [0.2, 0.25) is 0 Å². The maximum atomic E-state index is 11.0. The van der Waals surface area contributed by atoms with Crippen molar-refractivity contribution >= 4 is 62.9 Å². The summed E-state index contributed by atoms with van der Waals surface area (Å²) < 4.78 is 23.7. The van der Waals surface area contributed by atoms with Crippen LogP contribution in [0.4, 0.5) is 0 Å². The Hall–Kier alpha value is 0.0400. The molecular weight excluding hydrogens is 405 g/mol. The number of hydrogen-bond donors (Lipinski definition) is 1. The van der Waals surface area contributed by atoms with Crippen molar-refractivity contribution in [2.75, 3.05) is 0 Å². The van der Waals surface area contributed by atoms with Gasteiger partial charge in [0.1, 0.15) is 0 Å². The van der Waals surface area contributed by atoms with E-state index in [-0.39, 0.29) is 11.0 Å². The van der Waals surface area contributed by atoms with Gasteiger partial charge < -0.3 is 0 Å². The van der Waals surface area contributed by atoms with E-state index in [0.29, 0.717) is 0 Å². The topological polar surface area (TPSA) is 75.7 Å². The predicted octanol–water partition coefficient (Wildman–Crippen LogP) is 2.99. The molecule has 1 N–H and O–H groups in total. The summed E-state index contributed by atoms with van der Waals surface area (Å²) in [4.78, 5) is 4.51. The zero-order valence-corrected chi connectivity index (χ0v) is 12.8. The molecule has 0 saturated carbocycles. The minimum atomic E-state index is -3.87. The van der Waals surface area contributed by atoms with Gasteiger partial charge in [-0.2, -0.15) is 10.1 Å². The lowest BCUT2D eigenvalue weighted by Gasteiger charge is -1.85. The van der Waals surface area contributed by atoms with Crippen molar-refractivity contribution in [2.45, 2.75) is 5.16 Å². The number of hydrogen-bond acceptors (Lipinski definition) is 5. The third-order valence-corrected chi connectivity index (χ3v) is 5.90. The highest BCUT2D eigenvalue weighted by atomic mass is 79.9. The van der Waals surface area contributed by atoms with Crippen molar-refractivity contribution in [1.29, 1.82) is 0 Å². The number of nitrogens with zero attached hydrogens (tertiary/aromatic N) is 2. The standard InChI is InChI=1S/C6H2Br2ClN3O2S2/c7-2-1-3(15-4(2)8)5-10-6(12-11-5)16(9,13)14/h1H,(H,10,11,12). The zero-order chi connectivity index (χ0) is 11.9. The maximum absolute atomic E-state index is 11.0. The second-order valence-electron chi connectivity index (χ2n) is 2.63. The molecule has 0 radical (unpaired) electrons. The normalized spacial score (nSPS) is 11.9. The smallest absolute Gasteiger partial charge is 0.248 e. The quantitative estimate of drug-likeness (QED) is 0.777. The van der Waals surface area contributed by atoms with Crippen LogP contribution in [0.15, 0.2) is 19.5 Å². The molecular formula is C6H2Br2ClN3O2S2.